The number of primary sulfonamides is 1. The molecular weight excluding hydrogens is 349 g/mol. The Labute approximate surface area is 146 Å². The Morgan fingerprint density at radius 2 is 1.75 bits per heavy atom. The molecule has 2 aromatic rings. The molecule has 0 spiro atoms. The second-order valence-corrected chi connectivity index (χ2v) is 7.26. The molecule has 0 aliphatic rings. The van der Waals surface area contributed by atoms with Crippen molar-refractivity contribution in [3.05, 3.63) is 65.5 Å². The van der Waals surface area contributed by atoms with Crippen LogP contribution in [-0.2, 0) is 16.6 Å². The van der Waals surface area contributed by atoms with Gasteiger partial charge in [-0.15, -0.1) is 0 Å². The van der Waals surface area contributed by atoms with E-state index in [2.05, 4.69) is 10.6 Å². The first-order valence-electron chi connectivity index (χ1n) is 7.17. The lowest BCUT2D eigenvalue weighted by atomic mass is 10.1. The van der Waals surface area contributed by atoms with Crippen molar-refractivity contribution in [1.82, 2.24) is 10.6 Å². The van der Waals surface area contributed by atoms with Gasteiger partial charge in [0.05, 0.1) is 10.9 Å². The standard InChI is InChI=1S/C16H18FN3O2S2/c1-11(13-4-8-15(9-5-13)24(18,21)22)20-16(23)19-10-12-2-6-14(17)7-3-12/h2-9,11H,10H2,1H3,(H2,18,21,22)(H2,19,20,23)/t11-/m1/s1. The minimum absolute atomic E-state index is 0.0652. The van der Waals surface area contributed by atoms with Crippen LogP contribution in [0.1, 0.15) is 24.1 Å². The van der Waals surface area contributed by atoms with Crippen molar-refractivity contribution in [3.8, 4) is 0 Å². The summed E-state index contributed by atoms with van der Waals surface area (Å²) in [4.78, 5) is 0.0652. The molecule has 2 aromatic carbocycles. The van der Waals surface area contributed by atoms with Crippen LogP contribution in [0.2, 0.25) is 0 Å². The predicted octanol–water partition coefficient (Wildman–Crippen LogP) is 2.20. The Balaban J connectivity index is 1.90. The van der Waals surface area contributed by atoms with Gasteiger partial charge in [-0.2, -0.15) is 0 Å². The van der Waals surface area contributed by atoms with Crippen LogP contribution in [0.25, 0.3) is 0 Å². The number of halogens is 1. The van der Waals surface area contributed by atoms with E-state index in [0.717, 1.165) is 11.1 Å². The second-order valence-electron chi connectivity index (χ2n) is 5.29. The van der Waals surface area contributed by atoms with E-state index >= 15 is 0 Å². The molecule has 128 valence electrons. The van der Waals surface area contributed by atoms with Crippen LogP contribution in [0.15, 0.2) is 53.4 Å². The lowest BCUT2D eigenvalue weighted by Gasteiger charge is -2.17. The van der Waals surface area contributed by atoms with Gasteiger partial charge in [-0.25, -0.2) is 17.9 Å². The van der Waals surface area contributed by atoms with Crippen molar-refractivity contribution in [1.29, 1.82) is 0 Å². The average Bonchev–Trinajstić information content (AvgIpc) is 2.53. The smallest absolute Gasteiger partial charge is 0.238 e. The van der Waals surface area contributed by atoms with Crippen LogP contribution in [0.3, 0.4) is 0 Å². The number of nitrogens with one attached hydrogen (secondary N) is 2. The van der Waals surface area contributed by atoms with Crippen LogP contribution in [0.5, 0.6) is 0 Å². The van der Waals surface area contributed by atoms with Gasteiger partial charge in [0.2, 0.25) is 10.0 Å². The minimum atomic E-state index is -3.70. The summed E-state index contributed by atoms with van der Waals surface area (Å²) in [5.41, 5.74) is 1.78. The largest absolute Gasteiger partial charge is 0.359 e. The normalized spacial score (nSPS) is 12.5. The van der Waals surface area contributed by atoms with Gasteiger partial charge in [-0.1, -0.05) is 24.3 Å². The Bertz CT molecular complexity index is 806. The molecule has 0 bridgehead atoms. The van der Waals surface area contributed by atoms with Gasteiger partial charge < -0.3 is 10.6 Å². The predicted molar refractivity (Wildman–Crippen MR) is 95.2 cm³/mol. The van der Waals surface area contributed by atoms with E-state index < -0.39 is 10.0 Å². The summed E-state index contributed by atoms with van der Waals surface area (Å²) in [6, 6.07) is 12.3. The number of hydrogen-bond donors (Lipinski definition) is 3. The molecule has 2 rings (SSSR count). The van der Waals surface area contributed by atoms with Gasteiger partial charge in [0, 0.05) is 6.54 Å². The Hall–Kier alpha value is -2.03. The average molecular weight is 367 g/mol. The van der Waals surface area contributed by atoms with E-state index in [9.17, 15) is 12.8 Å². The van der Waals surface area contributed by atoms with E-state index in [-0.39, 0.29) is 16.8 Å². The molecular formula is C16H18FN3O2S2. The third-order valence-corrected chi connectivity index (χ3v) is 4.61. The number of rotatable bonds is 5. The number of sulfonamides is 1. The van der Waals surface area contributed by atoms with Crippen LogP contribution in [0, 0.1) is 5.82 Å². The molecule has 0 unspecified atom stereocenters. The highest BCUT2D eigenvalue weighted by Gasteiger charge is 2.10. The molecule has 0 aliphatic heterocycles. The highest BCUT2D eigenvalue weighted by Crippen LogP contribution is 2.15. The number of thiocarbonyl (C=S) groups is 1. The first kappa shape index (κ1) is 18.3. The fourth-order valence-electron chi connectivity index (χ4n) is 2.06. The van der Waals surface area contributed by atoms with Crippen LogP contribution < -0.4 is 15.8 Å². The van der Waals surface area contributed by atoms with Gasteiger partial charge in [-0.3, -0.25) is 0 Å². The molecule has 0 fully saturated rings. The molecule has 8 heteroatoms. The first-order valence-corrected chi connectivity index (χ1v) is 9.13. The van der Waals surface area contributed by atoms with E-state index in [1.165, 1.54) is 24.3 Å². The summed E-state index contributed by atoms with van der Waals surface area (Å²) in [6.07, 6.45) is 0. The number of nitrogens with two attached hydrogens (primary N) is 1. The van der Waals surface area contributed by atoms with Crippen LogP contribution in [0.4, 0.5) is 4.39 Å². The topological polar surface area (TPSA) is 84.2 Å². The fraction of sp³-hybridized carbons (Fsp3) is 0.188. The summed E-state index contributed by atoms with van der Waals surface area (Å²) < 4.78 is 35.3. The molecule has 0 saturated carbocycles. The van der Waals surface area contributed by atoms with Crippen molar-refractivity contribution >= 4 is 27.4 Å². The fourth-order valence-corrected chi connectivity index (χ4v) is 2.83. The maximum atomic E-state index is 12.8. The SMILES string of the molecule is C[C@@H](NC(=S)NCc1ccc(F)cc1)c1ccc(S(N)(=O)=O)cc1. The van der Waals surface area contributed by atoms with E-state index in [1.807, 2.05) is 6.92 Å². The summed E-state index contributed by atoms with van der Waals surface area (Å²) >= 11 is 5.23. The summed E-state index contributed by atoms with van der Waals surface area (Å²) in [5, 5.41) is 11.7. The molecule has 0 aliphatic carbocycles. The van der Waals surface area contributed by atoms with Crippen molar-refractivity contribution in [2.45, 2.75) is 24.4 Å². The number of benzene rings is 2. The first-order chi connectivity index (χ1) is 11.3. The molecule has 0 heterocycles. The zero-order valence-electron chi connectivity index (χ0n) is 13.0. The Morgan fingerprint density at radius 3 is 2.29 bits per heavy atom. The third-order valence-electron chi connectivity index (χ3n) is 3.42. The molecule has 24 heavy (non-hydrogen) atoms. The summed E-state index contributed by atoms with van der Waals surface area (Å²) in [6.45, 7) is 2.38. The monoisotopic (exact) mass is 367 g/mol. The van der Waals surface area contributed by atoms with E-state index in [0.29, 0.717) is 11.7 Å². The maximum Gasteiger partial charge on any atom is 0.238 e. The van der Waals surface area contributed by atoms with Gasteiger partial charge in [0.25, 0.3) is 0 Å². The van der Waals surface area contributed by atoms with Gasteiger partial charge in [-0.05, 0) is 54.5 Å². The van der Waals surface area contributed by atoms with Crippen LogP contribution in [-0.4, -0.2) is 13.5 Å². The molecule has 4 N–H and O–H groups in total. The van der Waals surface area contributed by atoms with Crippen LogP contribution >= 0.6 is 12.2 Å². The second kappa shape index (κ2) is 7.69. The highest BCUT2D eigenvalue weighted by atomic mass is 32.2. The lowest BCUT2D eigenvalue weighted by molar-refractivity contribution is 0.597. The van der Waals surface area contributed by atoms with Gasteiger partial charge in [0.15, 0.2) is 5.11 Å². The van der Waals surface area contributed by atoms with Crippen molar-refractivity contribution in [2.24, 2.45) is 5.14 Å². The lowest BCUT2D eigenvalue weighted by Crippen LogP contribution is -2.36. The zero-order valence-corrected chi connectivity index (χ0v) is 14.6. The highest BCUT2D eigenvalue weighted by molar-refractivity contribution is 7.89. The molecule has 5 nitrogen and oxygen atoms in total. The Morgan fingerprint density at radius 1 is 1.17 bits per heavy atom. The summed E-state index contributed by atoms with van der Waals surface area (Å²) in [5.74, 6) is -0.281. The van der Waals surface area contributed by atoms with E-state index in [1.54, 1.807) is 24.3 Å². The summed E-state index contributed by atoms with van der Waals surface area (Å²) in [7, 11) is -3.70. The molecule has 1 atom stereocenters. The zero-order chi connectivity index (χ0) is 17.7. The van der Waals surface area contributed by atoms with Gasteiger partial charge in [0.1, 0.15) is 5.82 Å². The van der Waals surface area contributed by atoms with Crippen molar-refractivity contribution in [3.63, 3.8) is 0 Å². The molecule has 0 amide bonds. The quantitative estimate of drug-likeness (QED) is 0.706. The third kappa shape index (κ3) is 5.26. The number of hydrogen-bond acceptors (Lipinski definition) is 3. The van der Waals surface area contributed by atoms with Crippen molar-refractivity contribution < 1.29 is 12.8 Å². The molecule has 0 aromatic heterocycles. The maximum absolute atomic E-state index is 12.8. The molecule has 0 radical (unpaired) electrons. The van der Waals surface area contributed by atoms with E-state index in [4.69, 9.17) is 17.4 Å². The minimum Gasteiger partial charge on any atom is -0.359 e. The van der Waals surface area contributed by atoms with Crippen molar-refractivity contribution in [2.75, 3.05) is 0 Å². The van der Waals surface area contributed by atoms with Gasteiger partial charge >= 0.3 is 0 Å². The Kier molecular flexibility index (Phi) is 5.87. The molecule has 0 saturated heterocycles.